The van der Waals surface area contributed by atoms with Crippen LogP contribution in [0.25, 0.3) is 11.2 Å². The lowest BCUT2D eigenvalue weighted by atomic mass is 10.3. The molecule has 8 nitrogen and oxygen atoms in total. The Morgan fingerprint density at radius 2 is 2.00 bits per heavy atom. The molecule has 150 valence electrons. The van der Waals surface area contributed by atoms with Crippen molar-refractivity contribution < 1.29 is 18.3 Å². The van der Waals surface area contributed by atoms with Crippen molar-refractivity contribution in [3.63, 3.8) is 0 Å². The summed E-state index contributed by atoms with van der Waals surface area (Å²) in [5.41, 5.74) is 1.50. The molecule has 3 aromatic heterocycles. The van der Waals surface area contributed by atoms with Crippen LogP contribution in [0.4, 0.5) is 20.4 Å². The molecule has 1 N–H and O–H groups in total. The Bertz CT molecular complexity index is 901. The van der Waals surface area contributed by atoms with Gasteiger partial charge in [0.2, 0.25) is 17.7 Å². The number of aromatic nitrogens is 5. The lowest BCUT2D eigenvalue weighted by molar-refractivity contribution is 0.0804. The predicted molar refractivity (Wildman–Crippen MR) is 100 cm³/mol. The standard InChI is InChI=1S/C18H22F2N6O2/c1-3-5-8-26-11-22-15-16(26)24-18(25-17(15)28-10-13(19)20)23-12-6-7-14(21-9-12)27-4-2/h6-7,9,11,13H,3-5,8,10H2,1-2H3,(H,23,24,25). The Morgan fingerprint density at radius 3 is 2.68 bits per heavy atom. The number of rotatable bonds is 10. The summed E-state index contributed by atoms with van der Waals surface area (Å²) >= 11 is 0. The smallest absolute Gasteiger partial charge is 0.272 e. The maximum atomic E-state index is 12.6. The second kappa shape index (κ2) is 9.25. The van der Waals surface area contributed by atoms with E-state index in [9.17, 15) is 8.78 Å². The van der Waals surface area contributed by atoms with Crippen LogP contribution in [-0.4, -0.2) is 44.1 Å². The van der Waals surface area contributed by atoms with Crippen LogP contribution in [0.3, 0.4) is 0 Å². The second-order valence-electron chi connectivity index (χ2n) is 5.96. The van der Waals surface area contributed by atoms with E-state index in [0.29, 0.717) is 35.9 Å². The van der Waals surface area contributed by atoms with Crippen LogP contribution in [-0.2, 0) is 6.54 Å². The van der Waals surface area contributed by atoms with Gasteiger partial charge in [-0.2, -0.15) is 9.97 Å². The molecule has 0 radical (unpaired) electrons. The number of nitrogens with zero attached hydrogens (tertiary/aromatic N) is 5. The molecule has 0 spiro atoms. The van der Waals surface area contributed by atoms with Crippen molar-refractivity contribution in [2.24, 2.45) is 0 Å². The minimum atomic E-state index is -2.61. The number of alkyl halides is 2. The van der Waals surface area contributed by atoms with Gasteiger partial charge in [-0.1, -0.05) is 13.3 Å². The minimum absolute atomic E-state index is 0.0157. The first-order valence-electron chi connectivity index (χ1n) is 9.10. The number of ether oxygens (including phenoxy) is 2. The van der Waals surface area contributed by atoms with Gasteiger partial charge >= 0.3 is 0 Å². The van der Waals surface area contributed by atoms with E-state index in [2.05, 4.69) is 32.2 Å². The molecule has 0 amide bonds. The van der Waals surface area contributed by atoms with Gasteiger partial charge < -0.3 is 19.4 Å². The first kappa shape index (κ1) is 19.7. The number of halogens is 2. The van der Waals surface area contributed by atoms with E-state index >= 15 is 0 Å². The Hall–Kier alpha value is -3.04. The van der Waals surface area contributed by atoms with Gasteiger partial charge in [0.05, 0.1) is 24.8 Å². The molecule has 3 aromatic rings. The Kier molecular flexibility index (Phi) is 6.51. The Balaban J connectivity index is 1.91. The van der Waals surface area contributed by atoms with Gasteiger partial charge in [0.1, 0.15) is 0 Å². The molecule has 3 rings (SSSR count). The number of imidazole rings is 1. The van der Waals surface area contributed by atoms with Crippen LogP contribution >= 0.6 is 0 Å². The van der Waals surface area contributed by atoms with Crippen molar-refractivity contribution in [3.8, 4) is 11.8 Å². The highest BCUT2D eigenvalue weighted by atomic mass is 19.3. The quantitative estimate of drug-likeness (QED) is 0.561. The molecule has 28 heavy (non-hydrogen) atoms. The monoisotopic (exact) mass is 392 g/mol. The van der Waals surface area contributed by atoms with Crippen molar-refractivity contribution >= 4 is 22.8 Å². The molecule has 0 fully saturated rings. The van der Waals surface area contributed by atoms with Crippen LogP contribution in [0.1, 0.15) is 26.7 Å². The number of unbranched alkanes of at least 4 members (excludes halogenated alkanes) is 1. The zero-order chi connectivity index (χ0) is 19.9. The van der Waals surface area contributed by atoms with Crippen molar-refractivity contribution in [1.82, 2.24) is 24.5 Å². The third-order valence-corrected chi connectivity index (χ3v) is 3.82. The molecule has 0 aliphatic carbocycles. The fourth-order valence-corrected chi connectivity index (χ4v) is 2.53. The number of fused-ring (bicyclic) bond motifs is 1. The fraction of sp³-hybridized carbons (Fsp3) is 0.444. The molecule has 0 saturated heterocycles. The van der Waals surface area contributed by atoms with E-state index in [0.717, 1.165) is 12.8 Å². The summed E-state index contributed by atoms with van der Waals surface area (Å²) in [6.07, 6.45) is 2.52. The summed E-state index contributed by atoms with van der Waals surface area (Å²) in [6.45, 7) is 4.42. The van der Waals surface area contributed by atoms with E-state index in [1.54, 1.807) is 24.7 Å². The third-order valence-electron chi connectivity index (χ3n) is 3.82. The maximum absolute atomic E-state index is 12.6. The number of pyridine rings is 1. The average molecular weight is 392 g/mol. The number of aryl methyl sites for hydroxylation is 1. The van der Waals surface area contributed by atoms with E-state index in [1.165, 1.54) is 0 Å². The van der Waals surface area contributed by atoms with Gasteiger partial charge in [-0.05, 0) is 19.4 Å². The topological polar surface area (TPSA) is 87.0 Å². The highest BCUT2D eigenvalue weighted by Gasteiger charge is 2.16. The van der Waals surface area contributed by atoms with E-state index in [1.807, 2.05) is 11.5 Å². The van der Waals surface area contributed by atoms with E-state index < -0.39 is 13.0 Å². The predicted octanol–water partition coefficient (Wildman–Crippen LogP) is 3.81. The minimum Gasteiger partial charge on any atom is -0.478 e. The maximum Gasteiger partial charge on any atom is 0.272 e. The summed E-state index contributed by atoms with van der Waals surface area (Å²) in [6, 6.07) is 3.48. The molecular formula is C18H22F2N6O2. The van der Waals surface area contributed by atoms with E-state index in [4.69, 9.17) is 9.47 Å². The molecule has 10 heteroatoms. The summed E-state index contributed by atoms with van der Waals surface area (Å²) < 4.78 is 37.6. The van der Waals surface area contributed by atoms with Crippen molar-refractivity contribution in [3.05, 3.63) is 24.7 Å². The van der Waals surface area contributed by atoms with Crippen molar-refractivity contribution in [2.75, 3.05) is 18.5 Å². The van der Waals surface area contributed by atoms with Crippen LogP contribution < -0.4 is 14.8 Å². The molecule has 0 aliphatic heterocycles. The zero-order valence-electron chi connectivity index (χ0n) is 15.7. The molecule has 0 unspecified atom stereocenters. The van der Waals surface area contributed by atoms with Crippen molar-refractivity contribution in [2.45, 2.75) is 39.7 Å². The number of hydrogen-bond acceptors (Lipinski definition) is 7. The van der Waals surface area contributed by atoms with Gasteiger partial charge in [0.15, 0.2) is 17.8 Å². The van der Waals surface area contributed by atoms with E-state index in [-0.39, 0.29) is 11.8 Å². The SMILES string of the molecule is CCCCn1cnc2c(OCC(F)F)nc(Nc3ccc(OCC)nc3)nc21. The van der Waals surface area contributed by atoms with Gasteiger partial charge in [0, 0.05) is 12.6 Å². The molecule has 0 aromatic carbocycles. The Labute approximate surface area is 160 Å². The summed E-state index contributed by atoms with van der Waals surface area (Å²) in [4.78, 5) is 17.1. The van der Waals surface area contributed by atoms with Gasteiger partial charge in [-0.3, -0.25) is 0 Å². The van der Waals surface area contributed by atoms with Crippen molar-refractivity contribution in [1.29, 1.82) is 0 Å². The van der Waals surface area contributed by atoms with Gasteiger partial charge in [-0.15, -0.1) is 0 Å². The largest absolute Gasteiger partial charge is 0.478 e. The molecular weight excluding hydrogens is 370 g/mol. The Morgan fingerprint density at radius 1 is 1.14 bits per heavy atom. The summed E-state index contributed by atoms with van der Waals surface area (Å²) in [7, 11) is 0. The first-order valence-corrected chi connectivity index (χ1v) is 9.10. The van der Waals surface area contributed by atoms with Gasteiger partial charge in [-0.25, -0.2) is 18.7 Å². The lowest BCUT2D eigenvalue weighted by Gasteiger charge is -2.10. The molecule has 3 heterocycles. The summed E-state index contributed by atoms with van der Waals surface area (Å²) in [5, 5.41) is 3.02. The second-order valence-corrected chi connectivity index (χ2v) is 5.96. The number of anilines is 2. The summed E-state index contributed by atoms with van der Waals surface area (Å²) in [5.74, 6) is 0.728. The normalized spacial score (nSPS) is 11.2. The highest BCUT2D eigenvalue weighted by molar-refractivity contribution is 5.78. The molecule has 0 atom stereocenters. The highest BCUT2D eigenvalue weighted by Crippen LogP contribution is 2.25. The third kappa shape index (κ3) is 4.81. The molecule has 0 aliphatic rings. The van der Waals surface area contributed by atoms with Crippen LogP contribution in [0.15, 0.2) is 24.7 Å². The lowest BCUT2D eigenvalue weighted by Crippen LogP contribution is -2.10. The zero-order valence-corrected chi connectivity index (χ0v) is 15.7. The number of nitrogens with one attached hydrogen (secondary N) is 1. The molecule has 0 saturated carbocycles. The average Bonchev–Trinajstić information content (AvgIpc) is 3.09. The first-order chi connectivity index (χ1) is 13.6. The number of hydrogen-bond donors (Lipinski definition) is 1. The van der Waals surface area contributed by atoms with Crippen LogP contribution in [0, 0.1) is 0 Å². The van der Waals surface area contributed by atoms with Crippen LogP contribution in [0.2, 0.25) is 0 Å². The van der Waals surface area contributed by atoms with Crippen LogP contribution in [0.5, 0.6) is 11.8 Å². The fourth-order valence-electron chi connectivity index (χ4n) is 2.53. The van der Waals surface area contributed by atoms with Gasteiger partial charge in [0.25, 0.3) is 6.43 Å². The molecule has 0 bridgehead atoms.